The van der Waals surface area contributed by atoms with Crippen LogP contribution in [0.25, 0.3) is 0 Å². The van der Waals surface area contributed by atoms with Crippen molar-refractivity contribution < 1.29 is 29.9 Å². The Kier molecular flexibility index (Phi) is 4.45. The molecule has 90 valence electrons. The van der Waals surface area contributed by atoms with Crippen molar-refractivity contribution in [3.05, 3.63) is 0 Å². The van der Waals surface area contributed by atoms with E-state index in [4.69, 9.17) is 9.47 Å². The van der Waals surface area contributed by atoms with Gasteiger partial charge in [0, 0.05) is 13.7 Å². The number of hydrogen-bond acceptors (Lipinski definition) is 6. The summed E-state index contributed by atoms with van der Waals surface area (Å²) in [6.45, 7) is 2.04. The summed E-state index contributed by atoms with van der Waals surface area (Å²) in [4.78, 5) is 0. The average molecular weight is 222 g/mol. The molecule has 0 aliphatic heterocycles. The van der Waals surface area contributed by atoms with Gasteiger partial charge in [0.1, 0.15) is 36.6 Å². The molecule has 6 atom stereocenters. The minimum atomic E-state index is -1.43. The fraction of sp³-hybridized carbons (Fsp3) is 1.00. The van der Waals surface area contributed by atoms with Crippen molar-refractivity contribution in [3.8, 4) is 0 Å². The van der Waals surface area contributed by atoms with Crippen molar-refractivity contribution in [1.29, 1.82) is 0 Å². The zero-order valence-corrected chi connectivity index (χ0v) is 8.78. The summed E-state index contributed by atoms with van der Waals surface area (Å²) in [5.41, 5.74) is 0. The van der Waals surface area contributed by atoms with Gasteiger partial charge in [-0.1, -0.05) is 0 Å². The molecular weight excluding hydrogens is 204 g/mol. The summed E-state index contributed by atoms with van der Waals surface area (Å²) in [6.07, 6.45) is -7.09. The predicted octanol–water partition coefficient (Wildman–Crippen LogP) is -2.14. The Hall–Kier alpha value is -0.240. The molecule has 0 aromatic carbocycles. The maximum absolute atomic E-state index is 9.63. The van der Waals surface area contributed by atoms with Gasteiger partial charge in [-0.3, -0.25) is 0 Å². The van der Waals surface area contributed by atoms with E-state index in [1.165, 1.54) is 7.11 Å². The number of methoxy groups -OCH3 is 1. The van der Waals surface area contributed by atoms with E-state index in [0.29, 0.717) is 6.61 Å². The summed E-state index contributed by atoms with van der Waals surface area (Å²) >= 11 is 0. The van der Waals surface area contributed by atoms with Gasteiger partial charge >= 0.3 is 0 Å². The molecule has 1 saturated carbocycles. The minimum Gasteiger partial charge on any atom is -0.387 e. The molecule has 1 rings (SSSR count). The standard InChI is InChI=1S/C9H18O6/c1-3-15-9-7(13)5(11)4(10)6(12)8(9)14-2/h4-13H,3H2,1-2H3/t4-,5-,6+,7+,8-,9-/m1/s1. The quantitative estimate of drug-likeness (QED) is 0.435. The van der Waals surface area contributed by atoms with Crippen molar-refractivity contribution in [2.75, 3.05) is 13.7 Å². The third-order valence-electron chi connectivity index (χ3n) is 2.68. The van der Waals surface area contributed by atoms with Gasteiger partial charge in [0.2, 0.25) is 0 Å². The maximum atomic E-state index is 9.63. The van der Waals surface area contributed by atoms with Gasteiger partial charge in [-0.05, 0) is 6.92 Å². The largest absolute Gasteiger partial charge is 0.387 e. The van der Waals surface area contributed by atoms with Crippen LogP contribution in [0.4, 0.5) is 0 Å². The van der Waals surface area contributed by atoms with Crippen molar-refractivity contribution >= 4 is 0 Å². The van der Waals surface area contributed by atoms with E-state index in [1.807, 2.05) is 0 Å². The highest BCUT2D eigenvalue weighted by Crippen LogP contribution is 2.25. The van der Waals surface area contributed by atoms with Crippen LogP contribution in [0.1, 0.15) is 6.92 Å². The van der Waals surface area contributed by atoms with Crippen LogP contribution in [0.2, 0.25) is 0 Å². The Morgan fingerprint density at radius 2 is 1.33 bits per heavy atom. The fourth-order valence-corrected chi connectivity index (χ4v) is 1.84. The third kappa shape index (κ3) is 2.30. The van der Waals surface area contributed by atoms with Crippen molar-refractivity contribution in [3.63, 3.8) is 0 Å². The summed E-state index contributed by atoms with van der Waals surface area (Å²) in [6, 6.07) is 0. The van der Waals surface area contributed by atoms with Gasteiger partial charge in [0.15, 0.2) is 0 Å². The van der Waals surface area contributed by atoms with Crippen molar-refractivity contribution in [1.82, 2.24) is 0 Å². The van der Waals surface area contributed by atoms with Crippen LogP contribution < -0.4 is 0 Å². The number of rotatable bonds is 3. The summed E-state index contributed by atoms with van der Waals surface area (Å²) in [7, 11) is 1.34. The Morgan fingerprint density at radius 1 is 0.867 bits per heavy atom. The lowest BCUT2D eigenvalue weighted by Gasteiger charge is -2.42. The normalized spacial score (nSPS) is 46.8. The molecule has 6 nitrogen and oxygen atoms in total. The molecule has 4 N–H and O–H groups in total. The van der Waals surface area contributed by atoms with Gasteiger partial charge in [0.05, 0.1) is 0 Å². The SMILES string of the molecule is CCO[C@@H]1[C@@H](O)[C@H](O)[C@@H](O)[C@H](O)[C@H]1OC. The van der Waals surface area contributed by atoms with Crippen LogP contribution in [-0.2, 0) is 9.47 Å². The minimum absolute atomic E-state index is 0.317. The molecule has 6 heteroatoms. The second-order valence-corrected chi connectivity index (χ2v) is 3.58. The van der Waals surface area contributed by atoms with Gasteiger partial charge in [-0.15, -0.1) is 0 Å². The Morgan fingerprint density at radius 3 is 1.73 bits per heavy atom. The molecule has 0 saturated heterocycles. The number of hydrogen-bond donors (Lipinski definition) is 4. The van der Waals surface area contributed by atoms with E-state index < -0.39 is 36.6 Å². The van der Waals surface area contributed by atoms with Gasteiger partial charge in [0.25, 0.3) is 0 Å². The Balaban J connectivity index is 2.82. The molecule has 0 radical (unpaired) electrons. The van der Waals surface area contributed by atoms with E-state index >= 15 is 0 Å². The molecule has 15 heavy (non-hydrogen) atoms. The van der Waals surface area contributed by atoms with Gasteiger partial charge in [-0.25, -0.2) is 0 Å². The first kappa shape index (κ1) is 12.8. The monoisotopic (exact) mass is 222 g/mol. The van der Waals surface area contributed by atoms with Crippen LogP contribution >= 0.6 is 0 Å². The predicted molar refractivity (Wildman–Crippen MR) is 50.2 cm³/mol. The molecule has 0 unspecified atom stereocenters. The molecule has 0 amide bonds. The van der Waals surface area contributed by atoms with Crippen molar-refractivity contribution in [2.24, 2.45) is 0 Å². The third-order valence-corrected chi connectivity index (χ3v) is 2.68. The molecule has 1 fully saturated rings. The first-order valence-corrected chi connectivity index (χ1v) is 4.91. The second kappa shape index (κ2) is 5.20. The Labute approximate surface area is 88.1 Å². The smallest absolute Gasteiger partial charge is 0.115 e. The van der Waals surface area contributed by atoms with Crippen LogP contribution in [0.5, 0.6) is 0 Å². The summed E-state index contributed by atoms with van der Waals surface area (Å²) < 4.78 is 10.1. The molecule has 0 heterocycles. The maximum Gasteiger partial charge on any atom is 0.115 e. The van der Waals surface area contributed by atoms with E-state index in [2.05, 4.69) is 0 Å². The van der Waals surface area contributed by atoms with Crippen molar-refractivity contribution in [2.45, 2.75) is 43.5 Å². The fourth-order valence-electron chi connectivity index (χ4n) is 1.84. The lowest BCUT2D eigenvalue weighted by atomic mass is 9.84. The lowest BCUT2D eigenvalue weighted by Crippen LogP contribution is -2.64. The molecule has 0 aromatic heterocycles. The summed E-state index contributed by atoms with van der Waals surface area (Å²) in [5.74, 6) is 0. The topological polar surface area (TPSA) is 99.4 Å². The Bertz CT molecular complexity index is 199. The number of aliphatic hydroxyl groups is 4. The molecule has 1 aliphatic rings. The molecular formula is C9H18O6. The molecule has 0 spiro atoms. The van der Waals surface area contributed by atoms with Gasteiger partial charge in [-0.2, -0.15) is 0 Å². The average Bonchev–Trinajstić information content (AvgIpc) is 2.24. The zero-order valence-electron chi connectivity index (χ0n) is 8.78. The highest BCUT2D eigenvalue weighted by Gasteiger charge is 2.49. The molecule has 0 aromatic rings. The molecule has 0 bridgehead atoms. The first-order valence-electron chi connectivity index (χ1n) is 4.91. The molecule has 1 aliphatic carbocycles. The van der Waals surface area contributed by atoms with E-state index in [0.717, 1.165) is 0 Å². The zero-order chi connectivity index (χ0) is 11.6. The van der Waals surface area contributed by atoms with Crippen LogP contribution in [0.15, 0.2) is 0 Å². The highest BCUT2D eigenvalue weighted by atomic mass is 16.6. The number of aliphatic hydroxyl groups excluding tert-OH is 4. The van der Waals surface area contributed by atoms with Gasteiger partial charge < -0.3 is 29.9 Å². The van der Waals surface area contributed by atoms with E-state index in [1.54, 1.807) is 6.92 Å². The van der Waals surface area contributed by atoms with Crippen LogP contribution in [0, 0.1) is 0 Å². The summed E-state index contributed by atoms with van der Waals surface area (Å²) in [5, 5.41) is 38.1. The van der Waals surface area contributed by atoms with Crippen LogP contribution in [0.3, 0.4) is 0 Å². The van der Waals surface area contributed by atoms with E-state index in [-0.39, 0.29) is 0 Å². The second-order valence-electron chi connectivity index (χ2n) is 3.58. The number of ether oxygens (including phenoxy) is 2. The van der Waals surface area contributed by atoms with E-state index in [9.17, 15) is 20.4 Å². The highest BCUT2D eigenvalue weighted by molar-refractivity contribution is 5.00. The first-order chi connectivity index (χ1) is 7.04. The van der Waals surface area contributed by atoms with Crippen LogP contribution in [-0.4, -0.2) is 70.8 Å². The lowest BCUT2D eigenvalue weighted by molar-refractivity contribution is -0.240.